The Morgan fingerprint density at radius 2 is 2.09 bits per heavy atom. The summed E-state index contributed by atoms with van der Waals surface area (Å²) < 4.78 is 7.63. The van der Waals surface area contributed by atoms with E-state index < -0.39 is 0 Å². The fraction of sp³-hybridized carbons (Fsp3) is 0.412. The molecule has 112 valence electrons. The van der Waals surface area contributed by atoms with Crippen LogP contribution in [-0.4, -0.2) is 39.3 Å². The van der Waals surface area contributed by atoms with Crippen LogP contribution in [0.25, 0.3) is 22.4 Å². The van der Waals surface area contributed by atoms with Gasteiger partial charge in [0, 0.05) is 17.5 Å². The zero-order valence-corrected chi connectivity index (χ0v) is 12.4. The predicted octanol–water partition coefficient (Wildman–Crippen LogP) is 2.96. The van der Waals surface area contributed by atoms with Crippen LogP contribution in [0.4, 0.5) is 0 Å². The van der Waals surface area contributed by atoms with Crippen molar-refractivity contribution >= 4 is 10.9 Å². The Hall–Kier alpha value is -2.14. The van der Waals surface area contributed by atoms with Crippen LogP contribution in [0.2, 0.25) is 0 Å². The molecule has 5 nitrogen and oxygen atoms in total. The van der Waals surface area contributed by atoms with Crippen molar-refractivity contribution in [1.29, 1.82) is 0 Å². The minimum absolute atomic E-state index is 0.521. The molecule has 3 aliphatic rings. The first-order valence-electron chi connectivity index (χ1n) is 7.98. The number of hydrogen-bond acceptors (Lipinski definition) is 4. The third-order valence-electron chi connectivity index (χ3n) is 5.21. The Labute approximate surface area is 128 Å². The SMILES string of the molecule is c1coc(-c2ccc3c(cnn3[C@@H]3CN4CCC3CC4)c2)n1. The van der Waals surface area contributed by atoms with Crippen molar-refractivity contribution in [1.82, 2.24) is 19.7 Å². The lowest BCUT2D eigenvalue weighted by Crippen LogP contribution is -2.48. The average molecular weight is 294 g/mol. The molecule has 0 spiro atoms. The van der Waals surface area contributed by atoms with E-state index in [1.54, 1.807) is 12.5 Å². The van der Waals surface area contributed by atoms with Crippen molar-refractivity contribution in [2.24, 2.45) is 5.92 Å². The second kappa shape index (κ2) is 4.68. The Morgan fingerprint density at radius 3 is 2.82 bits per heavy atom. The first-order valence-corrected chi connectivity index (χ1v) is 7.98. The molecule has 5 heteroatoms. The highest BCUT2D eigenvalue weighted by Gasteiger charge is 2.36. The standard InChI is InChI=1S/C17H18N4O/c1-2-15-14(9-13(1)17-18-5-8-22-17)10-19-21(15)16-11-20-6-3-12(16)4-7-20/h1-2,5,8-10,12,16H,3-4,6-7,11H2/t16-/m1/s1. The lowest BCUT2D eigenvalue weighted by molar-refractivity contribution is 0.0534. The van der Waals surface area contributed by atoms with Crippen LogP contribution in [0, 0.1) is 5.92 Å². The summed E-state index contributed by atoms with van der Waals surface area (Å²) in [5, 5.41) is 5.86. The van der Waals surface area contributed by atoms with Gasteiger partial charge in [-0.15, -0.1) is 0 Å². The number of oxazole rings is 1. The lowest BCUT2D eigenvalue weighted by Gasteiger charge is -2.44. The van der Waals surface area contributed by atoms with Gasteiger partial charge in [0.2, 0.25) is 5.89 Å². The van der Waals surface area contributed by atoms with Crippen molar-refractivity contribution in [2.45, 2.75) is 18.9 Å². The van der Waals surface area contributed by atoms with Crippen molar-refractivity contribution in [3.05, 3.63) is 36.9 Å². The second-order valence-corrected chi connectivity index (χ2v) is 6.41. The highest BCUT2D eigenvalue weighted by molar-refractivity contribution is 5.83. The molecule has 0 unspecified atom stereocenters. The first-order chi connectivity index (χ1) is 10.9. The molecule has 3 fully saturated rings. The van der Waals surface area contributed by atoms with Crippen molar-refractivity contribution in [3.63, 3.8) is 0 Å². The Kier molecular flexibility index (Phi) is 2.64. The third kappa shape index (κ3) is 1.82. The van der Waals surface area contributed by atoms with E-state index in [1.165, 1.54) is 31.4 Å². The van der Waals surface area contributed by atoms with Gasteiger partial charge in [-0.05, 0) is 50.0 Å². The Balaban J connectivity index is 1.56. The number of aromatic nitrogens is 3. The van der Waals surface area contributed by atoms with Gasteiger partial charge in [-0.25, -0.2) is 4.98 Å². The van der Waals surface area contributed by atoms with Crippen LogP contribution in [0.5, 0.6) is 0 Å². The van der Waals surface area contributed by atoms with Gasteiger partial charge in [-0.2, -0.15) is 5.10 Å². The van der Waals surface area contributed by atoms with E-state index in [4.69, 9.17) is 9.52 Å². The summed E-state index contributed by atoms with van der Waals surface area (Å²) in [6.45, 7) is 3.66. The summed E-state index contributed by atoms with van der Waals surface area (Å²) in [4.78, 5) is 6.79. The molecule has 3 saturated heterocycles. The summed E-state index contributed by atoms with van der Waals surface area (Å²) in [5.41, 5.74) is 2.22. The quantitative estimate of drug-likeness (QED) is 0.729. The molecule has 3 aromatic rings. The van der Waals surface area contributed by atoms with Crippen LogP contribution in [-0.2, 0) is 0 Å². The smallest absolute Gasteiger partial charge is 0.225 e. The molecule has 22 heavy (non-hydrogen) atoms. The number of fused-ring (bicyclic) bond motifs is 4. The molecule has 3 aliphatic heterocycles. The van der Waals surface area contributed by atoms with E-state index in [0.717, 1.165) is 23.4 Å². The first kappa shape index (κ1) is 12.4. The normalized spacial score (nSPS) is 27.5. The average Bonchev–Trinajstić information content (AvgIpc) is 3.25. The molecular formula is C17H18N4O. The second-order valence-electron chi connectivity index (χ2n) is 6.41. The molecule has 6 rings (SSSR count). The zero-order chi connectivity index (χ0) is 14.5. The van der Waals surface area contributed by atoms with Crippen LogP contribution in [0.1, 0.15) is 18.9 Å². The maximum absolute atomic E-state index is 5.39. The molecule has 2 aromatic heterocycles. The van der Waals surface area contributed by atoms with Gasteiger partial charge < -0.3 is 9.32 Å². The van der Waals surface area contributed by atoms with Gasteiger partial charge in [0.25, 0.3) is 0 Å². The van der Waals surface area contributed by atoms with Crippen LogP contribution in [0.15, 0.2) is 41.3 Å². The van der Waals surface area contributed by atoms with Crippen LogP contribution < -0.4 is 0 Å². The molecule has 0 saturated carbocycles. The van der Waals surface area contributed by atoms with Crippen LogP contribution >= 0.6 is 0 Å². The largest absolute Gasteiger partial charge is 0.445 e. The topological polar surface area (TPSA) is 47.1 Å². The number of benzene rings is 1. The molecule has 1 aromatic carbocycles. The van der Waals surface area contributed by atoms with Crippen molar-refractivity contribution < 1.29 is 4.42 Å². The number of piperidine rings is 3. The third-order valence-corrected chi connectivity index (χ3v) is 5.21. The van der Waals surface area contributed by atoms with Crippen molar-refractivity contribution in [3.8, 4) is 11.5 Å². The highest BCUT2D eigenvalue weighted by Crippen LogP contribution is 2.37. The Morgan fingerprint density at radius 1 is 1.18 bits per heavy atom. The minimum atomic E-state index is 0.521. The van der Waals surface area contributed by atoms with Gasteiger partial charge in [0.05, 0.1) is 24.0 Å². The van der Waals surface area contributed by atoms with E-state index in [-0.39, 0.29) is 0 Å². The monoisotopic (exact) mass is 294 g/mol. The predicted molar refractivity (Wildman–Crippen MR) is 83.4 cm³/mol. The molecule has 0 radical (unpaired) electrons. The molecule has 0 aliphatic carbocycles. The van der Waals surface area contributed by atoms with Gasteiger partial charge in [0.15, 0.2) is 0 Å². The summed E-state index contributed by atoms with van der Waals surface area (Å²) in [6.07, 6.45) is 7.87. The fourth-order valence-corrected chi connectivity index (χ4v) is 4.03. The summed E-state index contributed by atoms with van der Waals surface area (Å²) in [5.74, 6) is 1.44. The van der Waals surface area contributed by atoms with E-state index in [9.17, 15) is 0 Å². The number of hydrogen-bond donors (Lipinski definition) is 0. The fourth-order valence-electron chi connectivity index (χ4n) is 4.03. The van der Waals surface area contributed by atoms with E-state index in [2.05, 4.69) is 32.8 Å². The van der Waals surface area contributed by atoms with Gasteiger partial charge in [-0.3, -0.25) is 4.68 Å². The lowest BCUT2D eigenvalue weighted by atomic mass is 9.84. The van der Waals surface area contributed by atoms with E-state index in [0.29, 0.717) is 11.9 Å². The Bertz CT molecular complexity index is 799. The number of rotatable bonds is 2. The minimum Gasteiger partial charge on any atom is -0.445 e. The zero-order valence-electron chi connectivity index (χ0n) is 12.4. The van der Waals surface area contributed by atoms with Crippen LogP contribution in [0.3, 0.4) is 0 Å². The molecule has 0 N–H and O–H groups in total. The van der Waals surface area contributed by atoms with E-state index >= 15 is 0 Å². The molecule has 0 amide bonds. The maximum Gasteiger partial charge on any atom is 0.225 e. The summed E-state index contributed by atoms with van der Waals surface area (Å²) in [6, 6.07) is 6.87. The summed E-state index contributed by atoms with van der Waals surface area (Å²) >= 11 is 0. The van der Waals surface area contributed by atoms with Gasteiger partial charge in [0.1, 0.15) is 6.26 Å². The molecule has 1 atom stereocenters. The number of nitrogens with zero attached hydrogens (tertiary/aromatic N) is 4. The molecule has 2 bridgehead atoms. The molecular weight excluding hydrogens is 276 g/mol. The maximum atomic E-state index is 5.39. The highest BCUT2D eigenvalue weighted by atomic mass is 16.3. The van der Waals surface area contributed by atoms with Gasteiger partial charge >= 0.3 is 0 Å². The summed E-state index contributed by atoms with van der Waals surface area (Å²) in [7, 11) is 0. The molecule has 5 heterocycles. The van der Waals surface area contributed by atoms with Gasteiger partial charge in [-0.1, -0.05) is 0 Å². The van der Waals surface area contributed by atoms with E-state index in [1.807, 2.05) is 6.20 Å². The van der Waals surface area contributed by atoms with Crippen molar-refractivity contribution in [2.75, 3.05) is 19.6 Å².